The third kappa shape index (κ3) is 6.27. The van der Waals surface area contributed by atoms with Crippen LogP contribution in [0.1, 0.15) is 0 Å². The Bertz CT molecular complexity index is 59.9. The minimum atomic E-state index is 0.823. The lowest BCUT2D eigenvalue weighted by atomic mass is 10.6. The second-order valence-corrected chi connectivity index (χ2v) is 3.51. The lowest BCUT2D eigenvalue weighted by molar-refractivity contribution is -0.867. The molecule has 0 aromatic carbocycles. The van der Waals surface area contributed by atoms with E-state index in [1.165, 1.54) is 0 Å². The van der Waals surface area contributed by atoms with Crippen molar-refractivity contribution in [1.29, 1.82) is 0 Å². The predicted molar refractivity (Wildman–Crippen MR) is 38.0 cm³/mol. The van der Waals surface area contributed by atoms with E-state index in [0.717, 1.165) is 28.8 Å². The highest BCUT2D eigenvalue weighted by Gasteiger charge is 2.04. The number of hydrogen-bond donors (Lipinski definition) is 1. The fraction of sp³-hybridized carbons (Fsp3) is 1.00. The first-order valence-electron chi connectivity index (χ1n) is 2.63. The molecule has 0 aromatic rings. The molecule has 0 aliphatic rings. The van der Waals surface area contributed by atoms with Crippen LogP contribution in [0, 0.1) is 0 Å². The highest BCUT2D eigenvalue weighted by molar-refractivity contribution is 7.93. The lowest BCUT2D eigenvalue weighted by Gasteiger charge is -2.22. The summed E-state index contributed by atoms with van der Waals surface area (Å²) < 4.78 is 9.26. The van der Waals surface area contributed by atoms with E-state index in [4.69, 9.17) is 4.55 Å². The van der Waals surface area contributed by atoms with Gasteiger partial charge in [-0.05, 0) is 12.0 Å². The topological polar surface area (TPSA) is 20.2 Å². The van der Waals surface area contributed by atoms with Gasteiger partial charge in [0.05, 0.1) is 33.4 Å². The highest BCUT2D eigenvalue weighted by atomic mass is 32.2. The predicted octanol–water partition coefficient (Wildman–Crippen LogP) is 0.899. The van der Waals surface area contributed by atoms with Crippen LogP contribution in [0.5, 0.6) is 0 Å². The normalized spacial score (nSPS) is 12.0. The van der Waals surface area contributed by atoms with E-state index >= 15 is 0 Å². The maximum atomic E-state index is 8.34. The third-order valence-corrected chi connectivity index (χ3v) is 1.22. The van der Waals surface area contributed by atoms with E-state index in [0.29, 0.717) is 0 Å². The minimum Gasteiger partial charge on any atom is -0.330 e. The van der Waals surface area contributed by atoms with Crippen LogP contribution in [0.25, 0.3) is 0 Å². The first-order chi connectivity index (χ1) is 3.56. The molecule has 0 rings (SSSR count). The maximum Gasteiger partial charge on any atom is 0.0895 e. The zero-order valence-corrected chi connectivity index (χ0v) is 6.53. The zero-order chi connectivity index (χ0) is 6.62. The molecule has 0 radical (unpaired) electrons. The summed E-state index contributed by atoms with van der Waals surface area (Å²) >= 11 is 0.913. The van der Waals surface area contributed by atoms with E-state index in [1.54, 1.807) is 0 Å². The summed E-state index contributed by atoms with van der Waals surface area (Å²) in [6, 6.07) is 0. The van der Waals surface area contributed by atoms with Crippen LogP contribution in [0.4, 0.5) is 0 Å². The summed E-state index contributed by atoms with van der Waals surface area (Å²) in [7, 11) is 6.32. The van der Waals surface area contributed by atoms with Crippen LogP contribution >= 0.6 is 12.0 Å². The van der Waals surface area contributed by atoms with Crippen LogP contribution < -0.4 is 0 Å². The number of rotatable bonds is 3. The molecule has 0 atom stereocenters. The molecule has 3 heteroatoms. The van der Waals surface area contributed by atoms with Crippen molar-refractivity contribution >= 4 is 12.0 Å². The van der Waals surface area contributed by atoms with Gasteiger partial charge in [0.1, 0.15) is 0 Å². The fourth-order valence-corrected chi connectivity index (χ4v) is 0.944. The minimum absolute atomic E-state index is 0.823. The molecule has 0 saturated carbocycles. The maximum absolute atomic E-state index is 8.34. The Balaban J connectivity index is 3.11. The van der Waals surface area contributed by atoms with Gasteiger partial charge in [0.2, 0.25) is 0 Å². The van der Waals surface area contributed by atoms with Gasteiger partial charge in [0, 0.05) is 0 Å². The van der Waals surface area contributed by atoms with Crippen molar-refractivity contribution in [2.75, 3.05) is 33.4 Å². The summed E-state index contributed by atoms with van der Waals surface area (Å²) in [5, 5.41) is 0. The standard InChI is InChI=1S/C5H13NOS/c1-6(2,3)4-5-8-7/h4-5H2,1-3H3/p+1. The second kappa shape index (κ2) is 3.33. The van der Waals surface area contributed by atoms with Crippen molar-refractivity contribution in [1.82, 2.24) is 0 Å². The molecular formula is C5H14NOS+. The van der Waals surface area contributed by atoms with Crippen molar-refractivity contribution in [3.8, 4) is 0 Å². The largest absolute Gasteiger partial charge is 0.330 e. The summed E-state index contributed by atoms with van der Waals surface area (Å²) in [4.78, 5) is 0. The van der Waals surface area contributed by atoms with Crippen molar-refractivity contribution in [3.63, 3.8) is 0 Å². The Hall–Kier alpha value is 0.270. The van der Waals surface area contributed by atoms with Crippen LogP contribution in [0.2, 0.25) is 0 Å². The van der Waals surface area contributed by atoms with Crippen molar-refractivity contribution < 1.29 is 9.04 Å². The van der Waals surface area contributed by atoms with E-state index in [9.17, 15) is 0 Å². The van der Waals surface area contributed by atoms with Gasteiger partial charge >= 0.3 is 0 Å². The molecule has 0 unspecified atom stereocenters. The van der Waals surface area contributed by atoms with Crippen LogP contribution in [0.3, 0.4) is 0 Å². The molecular weight excluding hydrogens is 122 g/mol. The molecule has 2 nitrogen and oxygen atoms in total. The molecule has 0 saturated heterocycles. The van der Waals surface area contributed by atoms with Crippen LogP contribution in [0.15, 0.2) is 0 Å². The molecule has 0 heterocycles. The Labute approximate surface area is 55.3 Å². The quantitative estimate of drug-likeness (QED) is 0.459. The van der Waals surface area contributed by atoms with Gasteiger partial charge in [-0.1, -0.05) is 0 Å². The van der Waals surface area contributed by atoms with Crippen LogP contribution in [-0.2, 0) is 0 Å². The smallest absolute Gasteiger partial charge is 0.0895 e. The summed E-state index contributed by atoms with van der Waals surface area (Å²) in [6.07, 6.45) is 0. The molecule has 0 spiro atoms. The molecule has 0 aromatic heterocycles. The first-order valence-corrected chi connectivity index (χ1v) is 3.57. The fourth-order valence-electron chi connectivity index (χ4n) is 0.315. The van der Waals surface area contributed by atoms with Gasteiger partial charge in [-0.15, -0.1) is 0 Å². The van der Waals surface area contributed by atoms with E-state index < -0.39 is 0 Å². The molecule has 50 valence electrons. The van der Waals surface area contributed by atoms with Gasteiger partial charge in [-0.25, -0.2) is 0 Å². The van der Waals surface area contributed by atoms with E-state index in [-0.39, 0.29) is 0 Å². The van der Waals surface area contributed by atoms with Gasteiger partial charge in [0.25, 0.3) is 0 Å². The number of quaternary nitrogens is 1. The first kappa shape index (κ1) is 8.27. The SMILES string of the molecule is C[N+](C)(C)CCSO. The van der Waals surface area contributed by atoms with Crippen molar-refractivity contribution in [2.24, 2.45) is 0 Å². The van der Waals surface area contributed by atoms with E-state index in [2.05, 4.69) is 21.1 Å². The van der Waals surface area contributed by atoms with E-state index in [1.807, 2.05) is 0 Å². The monoisotopic (exact) mass is 136 g/mol. The van der Waals surface area contributed by atoms with Gasteiger partial charge < -0.3 is 9.04 Å². The zero-order valence-electron chi connectivity index (χ0n) is 5.72. The summed E-state index contributed by atoms with van der Waals surface area (Å²) in [5.41, 5.74) is 0. The van der Waals surface area contributed by atoms with Gasteiger partial charge in [0.15, 0.2) is 0 Å². The molecule has 0 fully saturated rings. The Morgan fingerprint density at radius 2 is 1.88 bits per heavy atom. The average molecular weight is 136 g/mol. The molecule has 0 aliphatic heterocycles. The summed E-state index contributed by atoms with van der Waals surface area (Å²) in [6.45, 7) is 1.02. The highest BCUT2D eigenvalue weighted by Crippen LogP contribution is 1.95. The van der Waals surface area contributed by atoms with Crippen molar-refractivity contribution in [3.05, 3.63) is 0 Å². The molecule has 1 N–H and O–H groups in total. The Morgan fingerprint density at radius 1 is 1.38 bits per heavy atom. The number of nitrogens with zero attached hydrogens (tertiary/aromatic N) is 1. The third-order valence-electron chi connectivity index (χ3n) is 0.853. The Kier molecular flexibility index (Phi) is 3.44. The average Bonchev–Trinajstić information content (AvgIpc) is 1.59. The number of hydrogen-bond acceptors (Lipinski definition) is 2. The lowest BCUT2D eigenvalue weighted by Crippen LogP contribution is -2.36. The van der Waals surface area contributed by atoms with Crippen molar-refractivity contribution in [2.45, 2.75) is 0 Å². The van der Waals surface area contributed by atoms with Gasteiger partial charge in [-0.3, -0.25) is 0 Å². The Morgan fingerprint density at radius 3 is 2.00 bits per heavy atom. The molecule has 0 bridgehead atoms. The van der Waals surface area contributed by atoms with Gasteiger partial charge in [-0.2, -0.15) is 0 Å². The molecule has 0 amide bonds. The second-order valence-electron chi connectivity index (χ2n) is 2.85. The van der Waals surface area contributed by atoms with Crippen LogP contribution in [-0.4, -0.2) is 42.5 Å². The molecule has 8 heavy (non-hydrogen) atoms. The summed E-state index contributed by atoms with van der Waals surface area (Å²) in [5.74, 6) is 0.823. The molecule has 0 aliphatic carbocycles.